The Morgan fingerprint density at radius 2 is 2.08 bits per heavy atom. The molecule has 0 aliphatic carbocycles. The van der Waals surface area contributed by atoms with E-state index in [1.807, 2.05) is 4.98 Å². The number of aromatic amines is 2. The first-order valence-corrected chi connectivity index (χ1v) is 9.31. The van der Waals surface area contributed by atoms with Crippen molar-refractivity contribution >= 4 is 15.9 Å². The van der Waals surface area contributed by atoms with Crippen LogP contribution in [-0.4, -0.2) is 61.9 Å². The van der Waals surface area contributed by atoms with Gasteiger partial charge in [-0.05, 0) is 19.8 Å². The minimum absolute atomic E-state index is 0.0147. The average Bonchev–Trinajstić information content (AvgIpc) is 2.54. The summed E-state index contributed by atoms with van der Waals surface area (Å²) in [6, 6.07) is 0. The van der Waals surface area contributed by atoms with Crippen LogP contribution in [0.15, 0.2) is 14.5 Å². The predicted molar refractivity (Wildman–Crippen MR) is 88.8 cm³/mol. The number of carbonyl (C=O) groups excluding carboxylic acids is 1. The number of hydrogen-bond acceptors (Lipinski definition) is 6. The normalized spacial score (nSPS) is 18.9. The molecule has 25 heavy (non-hydrogen) atoms. The highest BCUT2D eigenvalue weighted by Gasteiger charge is 2.35. The Bertz CT molecular complexity index is 844. The lowest BCUT2D eigenvalue weighted by Crippen LogP contribution is -2.47. The van der Waals surface area contributed by atoms with Crippen molar-refractivity contribution in [2.24, 2.45) is 5.92 Å². The molecular weight excluding hydrogens is 352 g/mol. The molecule has 1 aliphatic rings. The fourth-order valence-electron chi connectivity index (χ4n) is 2.82. The van der Waals surface area contributed by atoms with E-state index in [9.17, 15) is 22.8 Å². The molecule has 10 nitrogen and oxygen atoms in total. The van der Waals surface area contributed by atoms with Crippen LogP contribution in [0.1, 0.15) is 18.5 Å². The average molecular weight is 374 g/mol. The predicted octanol–water partition coefficient (Wildman–Crippen LogP) is -1.47. The SMILES string of the molecule is COCCNC(=O)C1CCCN(S(=O)(=O)c2c(C)[nH]c(=O)[nH]c2=O)C1. The molecule has 1 atom stereocenters. The van der Waals surface area contributed by atoms with Crippen LogP contribution >= 0.6 is 0 Å². The highest BCUT2D eigenvalue weighted by Crippen LogP contribution is 2.23. The van der Waals surface area contributed by atoms with Crippen molar-refractivity contribution in [1.82, 2.24) is 19.6 Å². The van der Waals surface area contributed by atoms with E-state index in [0.717, 1.165) is 4.31 Å². The van der Waals surface area contributed by atoms with Gasteiger partial charge in [-0.15, -0.1) is 0 Å². The molecule has 1 amide bonds. The highest BCUT2D eigenvalue weighted by molar-refractivity contribution is 7.89. The van der Waals surface area contributed by atoms with Crippen molar-refractivity contribution in [2.75, 3.05) is 33.4 Å². The van der Waals surface area contributed by atoms with Crippen molar-refractivity contribution in [3.05, 3.63) is 26.5 Å². The number of sulfonamides is 1. The highest BCUT2D eigenvalue weighted by atomic mass is 32.2. The Kier molecular flexibility index (Phi) is 6.14. The molecule has 2 rings (SSSR count). The van der Waals surface area contributed by atoms with Gasteiger partial charge in [-0.1, -0.05) is 0 Å². The van der Waals surface area contributed by atoms with Crippen LogP contribution in [-0.2, 0) is 19.6 Å². The first kappa shape index (κ1) is 19.3. The number of carbonyl (C=O) groups is 1. The number of H-pyrrole nitrogens is 2. The minimum atomic E-state index is -4.12. The summed E-state index contributed by atoms with van der Waals surface area (Å²) in [6.07, 6.45) is 1.06. The number of aryl methyl sites for hydroxylation is 1. The Hall–Kier alpha value is -1.98. The zero-order chi connectivity index (χ0) is 18.6. The second-order valence-corrected chi connectivity index (χ2v) is 7.72. The van der Waals surface area contributed by atoms with Gasteiger partial charge in [0.15, 0.2) is 4.90 Å². The fourth-order valence-corrected chi connectivity index (χ4v) is 4.55. The van der Waals surface area contributed by atoms with E-state index in [4.69, 9.17) is 4.74 Å². The van der Waals surface area contributed by atoms with E-state index in [0.29, 0.717) is 26.0 Å². The molecule has 0 aromatic carbocycles. The molecular formula is C14H22N4O6S. The molecule has 0 radical (unpaired) electrons. The molecule has 3 N–H and O–H groups in total. The van der Waals surface area contributed by atoms with E-state index in [1.54, 1.807) is 0 Å². The first-order chi connectivity index (χ1) is 11.8. The molecule has 0 bridgehead atoms. The minimum Gasteiger partial charge on any atom is -0.383 e. The molecule has 0 spiro atoms. The van der Waals surface area contributed by atoms with E-state index >= 15 is 0 Å². The maximum atomic E-state index is 12.8. The van der Waals surface area contributed by atoms with Crippen LogP contribution in [0.25, 0.3) is 0 Å². The summed E-state index contributed by atoms with van der Waals surface area (Å²) in [5.41, 5.74) is -1.76. The van der Waals surface area contributed by atoms with Gasteiger partial charge in [0, 0.05) is 32.4 Å². The van der Waals surface area contributed by atoms with Gasteiger partial charge in [0.1, 0.15) is 0 Å². The monoisotopic (exact) mass is 374 g/mol. The smallest absolute Gasteiger partial charge is 0.325 e. The zero-order valence-corrected chi connectivity index (χ0v) is 14.9. The summed E-state index contributed by atoms with van der Waals surface area (Å²) in [5, 5.41) is 2.69. The van der Waals surface area contributed by atoms with Crippen LogP contribution in [0, 0.1) is 12.8 Å². The largest absolute Gasteiger partial charge is 0.383 e. The number of hydrogen-bond donors (Lipinski definition) is 3. The van der Waals surface area contributed by atoms with Gasteiger partial charge >= 0.3 is 5.69 Å². The van der Waals surface area contributed by atoms with Crippen molar-refractivity contribution in [1.29, 1.82) is 0 Å². The zero-order valence-electron chi connectivity index (χ0n) is 14.1. The maximum absolute atomic E-state index is 12.8. The summed E-state index contributed by atoms with van der Waals surface area (Å²) >= 11 is 0. The molecule has 1 saturated heterocycles. The molecule has 1 aromatic rings. The summed E-state index contributed by atoms with van der Waals surface area (Å²) < 4.78 is 31.6. The first-order valence-electron chi connectivity index (χ1n) is 7.87. The van der Waals surface area contributed by atoms with E-state index in [-0.39, 0.29) is 24.7 Å². The van der Waals surface area contributed by atoms with Crippen LogP contribution in [0.4, 0.5) is 0 Å². The molecule has 1 unspecified atom stereocenters. The van der Waals surface area contributed by atoms with Crippen LogP contribution in [0.3, 0.4) is 0 Å². The van der Waals surface area contributed by atoms with E-state index in [2.05, 4.69) is 10.3 Å². The summed E-state index contributed by atoms with van der Waals surface area (Å²) in [7, 11) is -2.60. The van der Waals surface area contributed by atoms with Gasteiger partial charge < -0.3 is 15.0 Å². The lowest BCUT2D eigenvalue weighted by Gasteiger charge is -2.31. The number of nitrogens with one attached hydrogen (secondary N) is 3. The Labute approximate surface area is 144 Å². The standard InChI is InChI=1S/C14H22N4O6S/c1-9-11(13(20)17-14(21)16-9)25(22,23)18-6-3-4-10(8-18)12(19)15-5-7-24-2/h10H,3-8H2,1-2H3,(H,15,19)(H2,16,17,20,21). The molecule has 2 heterocycles. The van der Waals surface area contributed by atoms with E-state index < -0.39 is 32.1 Å². The molecule has 0 saturated carbocycles. The van der Waals surface area contributed by atoms with Gasteiger partial charge in [-0.25, -0.2) is 13.2 Å². The topological polar surface area (TPSA) is 141 Å². The second-order valence-electron chi connectivity index (χ2n) is 5.85. The van der Waals surface area contributed by atoms with Gasteiger partial charge in [0.25, 0.3) is 5.56 Å². The molecule has 1 aromatic heterocycles. The number of ether oxygens (including phenoxy) is 1. The summed E-state index contributed by atoms with van der Waals surface area (Å²) in [5.74, 6) is -0.744. The van der Waals surface area contributed by atoms with Crippen molar-refractivity contribution in [3.63, 3.8) is 0 Å². The number of amides is 1. The molecule has 1 aliphatic heterocycles. The lowest BCUT2D eigenvalue weighted by molar-refractivity contribution is -0.126. The maximum Gasteiger partial charge on any atom is 0.325 e. The summed E-state index contributed by atoms with van der Waals surface area (Å²) in [6.45, 7) is 2.26. The van der Waals surface area contributed by atoms with Crippen LogP contribution in [0.5, 0.6) is 0 Å². The Balaban J connectivity index is 2.21. The van der Waals surface area contributed by atoms with E-state index in [1.165, 1.54) is 14.0 Å². The third-order valence-electron chi connectivity index (χ3n) is 4.03. The quantitative estimate of drug-likeness (QED) is 0.519. The van der Waals surface area contributed by atoms with Gasteiger partial charge in [-0.2, -0.15) is 4.31 Å². The fraction of sp³-hybridized carbons (Fsp3) is 0.643. The third-order valence-corrected chi connectivity index (χ3v) is 6.05. The number of methoxy groups -OCH3 is 1. The number of aromatic nitrogens is 2. The van der Waals surface area contributed by atoms with Crippen molar-refractivity contribution < 1.29 is 17.9 Å². The molecule has 11 heteroatoms. The van der Waals surface area contributed by atoms with Gasteiger partial charge in [0.2, 0.25) is 15.9 Å². The number of nitrogens with zero attached hydrogens (tertiary/aromatic N) is 1. The molecule has 1 fully saturated rings. The second kappa shape index (κ2) is 7.93. The Morgan fingerprint density at radius 1 is 1.36 bits per heavy atom. The number of rotatable bonds is 6. The van der Waals surface area contributed by atoms with Crippen molar-refractivity contribution in [3.8, 4) is 0 Å². The van der Waals surface area contributed by atoms with Gasteiger partial charge in [0.05, 0.1) is 12.5 Å². The number of piperidine rings is 1. The van der Waals surface area contributed by atoms with Crippen molar-refractivity contribution in [2.45, 2.75) is 24.7 Å². The summed E-state index contributed by atoms with van der Waals surface area (Å²) in [4.78, 5) is 39.1. The third kappa shape index (κ3) is 4.35. The van der Waals surface area contributed by atoms with Gasteiger partial charge in [-0.3, -0.25) is 14.6 Å². The Morgan fingerprint density at radius 3 is 2.72 bits per heavy atom. The van der Waals surface area contributed by atoms with Crippen LogP contribution < -0.4 is 16.6 Å². The molecule has 140 valence electrons. The lowest BCUT2D eigenvalue weighted by atomic mass is 9.99. The van der Waals surface area contributed by atoms with Crippen LogP contribution in [0.2, 0.25) is 0 Å².